The molecule has 3 N–H and O–H groups in total. The Morgan fingerprint density at radius 1 is 1.14 bits per heavy atom. The van der Waals surface area contributed by atoms with Crippen LogP contribution in [0, 0.1) is 0 Å². The highest BCUT2D eigenvalue weighted by Gasteiger charge is 2.05. The number of carbonyl (C=O) groups excluding carboxylic acids is 2. The Labute approximate surface area is 138 Å². The lowest BCUT2D eigenvalue weighted by molar-refractivity contribution is -0.113. The van der Waals surface area contributed by atoms with Crippen LogP contribution in [0.15, 0.2) is 48.5 Å². The van der Waals surface area contributed by atoms with E-state index >= 15 is 0 Å². The van der Waals surface area contributed by atoms with Crippen LogP contribution in [-0.2, 0) is 10.5 Å². The molecule has 0 bridgehead atoms. The summed E-state index contributed by atoms with van der Waals surface area (Å²) in [6.07, 6.45) is 0. The summed E-state index contributed by atoms with van der Waals surface area (Å²) in [7, 11) is 0. The zero-order valence-corrected chi connectivity index (χ0v) is 13.3. The summed E-state index contributed by atoms with van der Waals surface area (Å²) < 4.78 is 0. The molecular weight excluding hydrogens is 320 g/mol. The fourth-order valence-corrected chi connectivity index (χ4v) is 2.79. The molecule has 0 radical (unpaired) electrons. The van der Waals surface area contributed by atoms with Gasteiger partial charge in [0.15, 0.2) is 0 Å². The van der Waals surface area contributed by atoms with E-state index in [1.807, 2.05) is 24.3 Å². The number of anilines is 1. The number of thioether (sulfide) groups is 1. The molecule has 0 saturated carbocycles. The van der Waals surface area contributed by atoms with Crippen LogP contribution in [0.2, 0.25) is 5.02 Å². The van der Waals surface area contributed by atoms with Crippen molar-refractivity contribution in [2.75, 3.05) is 11.1 Å². The Kier molecular flexibility index (Phi) is 5.86. The molecule has 6 heteroatoms. The molecule has 0 heterocycles. The molecule has 114 valence electrons. The molecule has 2 aromatic carbocycles. The van der Waals surface area contributed by atoms with E-state index in [9.17, 15) is 9.59 Å². The van der Waals surface area contributed by atoms with Crippen molar-refractivity contribution in [1.82, 2.24) is 0 Å². The molecule has 0 spiro atoms. The third-order valence-electron chi connectivity index (χ3n) is 2.84. The number of hydrogen-bond acceptors (Lipinski definition) is 3. The predicted octanol–water partition coefficient (Wildman–Crippen LogP) is 3.31. The molecule has 2 amide bonds. The van der Waals surface area contributed by atoms with E-state index in [2.05, 4.69) is 5.32 Å². The third kappa shape index (κ3) is 5.09. The lowest BCUT2D eigenvalue weighted by Gasteiger charge is -2.06. The number of primary amides is 1. The van der Waals surface area contributed by atoms with Gasteiger partial charge in [-0.2, -0.15) is 0 Å². The Balaban J connectivity index is 1.79. The largest absolute Gasteiger partial charge is 0.366 e. The minimum Gasteiger partial charge on any atom is -0.366 e. The molecule has 4 nitrogen and oxygen atoms in total. The summed E-state index contributed by atoms with van der Waals surface area (Å²) in [5.41, 5.74) is 7.29. The van der Waals surface area contributed by atoms with E-state index in [1.165, 1.54) is 11.8 Å². The van der Waals surface area contributed by atoms with Crippen LogP contribution in [0.4, 0.5) is 5.69 Å². The van der Waals surface area contributed by atoms with Gasteiger partial charge in [-0.1, -0.05) is 23.7 Å². The highest BCUT2D eigenvalue weighted by molar-refractivity contribution is 7.99. The first-order valence-corrected chi connectivity index (χ1v) is 8.10. The second-order valence-electron chi connectivity index (χ2n) is 4.61. The maximum Gasteiger partial charge on any atom is 0.248 e. The molecule has 0 aliphatic rings. The highest BCUT2D eigenvalue weighted by atomic mass is 35.5. The first kappa shape index (κ1) is 16.4. The quantitative estimate of drug-likeness (QED) is 0.851. The molecular formula is C16H15ClN2O2S. The van der Waals surface area contributed by atoms with E-state index in [-0.39, 0.29) is 5.91 Å². The summed E-state index contributed by atoms with van der Waals surface area (Å²) in [4.78, 5) is 22.8. The van der Waals surface area contributed by atoms with Gasteiger partial charge in [0, 0.05) is 22.0 Å². The standard InChI is InChI=1S/C16H15ClN2O2S/c17-13-3-1-2-11(8-13)9-22-10-15(20)19-14-6-4-12(5-7-14)16(18)21/h1-8H,9-10H2,(H2,18,21)(H,19,20). The molecule has 0 aromatic heterocycles. The first-order chi connectivity index (χ1) is 10.5. The van der Waals surface area contributed by atoms with E-state index in [4.69, 9.17) is 17.3 Å². The van der Waals surface area contributed by atoms with Crippen LogP contribution in [-0.4, -0.2) is 17.6 Å². The fraction of sp³-hybridized carbons (Fsp3) is 0.125. The van der Waals surface area contributed by atoms with Gasteiger partial charge in [-0.25, -0.2) is 0 Å². The van der Waals surface area contributed by atoms with Gasteiger partial charge in [-0.3, -0.25) is 9.59 Å². The van der Waals surface area contributed by atoms with Crippen LogP contribution in [0.3, 0.4) is 0 Å². The maximum atomic E-state index is 11.8. The molecule has 22 heavy (non-hydrogen) atoms. The molecule has 0 saturated heterocycles. The number of nitrogens with one attached hydrogen (secondary N) is 1. The Hall–Kier alpha value is -1.98. The van der Waals surface area contributed by atoms with Crippen LogP contribution < -0.4 is 11.1 Å². The highest BCUT2D eigenvalue weighted by Crippen LogP contribution is 2.17. The molecule has 0 atom stereocenters. The van der Waals surface area contributed by atoms with Crippen LogP contribution in [0.5, 0.6) is 0 Å². The van der Waals surface area contributed by atoms with Crippen molar-refractivity contribution in [1.29, 1.82) is 0 Å². The van der Waals surface area contributed by atoms with Crippen molar-refractivity contribution in [3.63, 3.8) is 0 Å². The lowest BCUT2D eigenvalue weighted by atomic mass is 10.2. The van der Waals surface area contributed by atoms with Gasteiger partial charge in [-0.05, 0) is 42.0 Å². The predicted molar refractivity (Wildman–Crippen MR) is 91.2 cm³/mol. The molecule has 0 fully saturated rings. The summed E-state index contributed by atoms with van der Waals surface area (Å²) in [6.45, 7) is 0. The van der Waals surface area contributed by atoms with Gasteiger partial charge in [0.05, 0.1) is 5.75 Å². The summed E-state index contributed by atoms with van der Waals surface area (Å²) in [6, 6.07) is 14.0. The summed E-state index contributed by atoms with van der Waals surface area (Å²) in [5, 5.41) is 3.46. The summed E-state index contributed by atoms with van der Waals surface area (Å²) in [5.74, 6) is 0.465. The SMILES string of the molecule is NC(=O)c1ccc(NC(=O)CSCc2cccc(Cl)c2)cc1. The average Bonchev–Trinajstić information content (AvgIpc) is 2.48. The van der Waals surface area contributed by atoms with Gasteiger partial charge in [0.1, 0.15) is 0 Å². The Bertz CT molecular complexity index is 674. The molecule has 0 aliphatic carbocycles. The van der Waals surface area contributed by atoms with Gasteiger partial charge < -0.3 is 11.1 Å². The smallest absolute Gasteiger partial charge is 0.248 e. The Morgan fingerprint density at radius 2 is 1.86 bits per heavy atom. The number of rotatable bonds is 6. The Morgan fingerprint density at radius 3 is 2.50 bits per heavy atom. The fourth-order valence-electron chi connectivity index (χ4n) is 1.80. The third-order valence-corrected chi connectivity index (χ3v) is 4.08. The monoisotopic (exact) mass is 334 g/mol. The van der Waals surface area contributed by atoms with Gasteiger partial charge >= 0.3 is 0 Å². The van der Waals surface area contributed by atoms with E-state index < -0.39 is 5.91 Å². The van der Waals surface area contributed by atoms with E-state index in [0.717, 1.165) is 5.56 Å². The van der Waals surface area contributed by atoms with Crippen LogP contribution in [0.25, 0.3) is 0 Å². The van der Waals surface area contributed by atoms with Gasteiger partial charge in [0.2, 0.25) is 11.8 Å². The molecule has 0 aliphatic heterocycles. The van der Waals surface area contributed by atoms with Crippen LogP contribution in [0.1, 0.15) is 15.9 Å². The average molecular weight is 335 g/mol. The summed E-state index contributed by atoms with van der Waals surface area (Å²) >= 11 is 7.41. The van der Waals surface area contributed by atoms with E-state index in [1.54, 1.807) is 24.3 Å². The van der Waals surface area contributed by atoms with Gasteiger partial charge in [-0.15, -0.1) is 11.8 Å². The zero-order chi connectivity index (χ0) is 15.9. The second-order valence-corrected chi connectivity index (χ2v) is 6.03. The lowest BCUT2D eigenvalue weighted by Crippen LogP contribution is -2.15. The number of nitrogens with two attached hydrogens (primary N) is 1. The van der Waals surface area contributed by atoms with Crippen molar-refractivity contribution in [3.8, 4) is 0 Å². The van der Waals surface area contributed by atoms with Gasteiger partial charge in [0.25, 0.3) is 0 Å². The van der Waals surface area contributed by atoms with Crippen molar-refractivity contribution in [2.24, 2.45) is 5.73 Å². The second kappa shape index (κ2) is 7.87. The normalized spacial score (nSPS) is 10.2. The number of halogens is 1. The van der Waals surface area contributed by atoms with Crippen molar-refractivity contribution < 1.29 is 9.59 Å². The minimum absolute atomic E-state index is 0.0983. The number of benzene rings is 2. The van der Waals surface area contributed by atoms with Crippen LogP contribution >= 0.6 is 23.4 Å². The number of carbonyl (C=O) groups is 2. The molecule has 2 rings (SSSR count). The molecule has 0 unspecified atom stereocenters. The molecule has 2 aromatic rings. The first-order valence-electron chi connectivity index (χ1n) is 6.56. The van der Waals surface area contributed by atoms with Crippen molar-refractivity contribution >= 4 is 40.9 Å². The van der Waals surface area contributed by atoms with Crippen molar-refractivity contribution in [3.05, 3.63) is 64.7 Å². The maximum absolute atomic E-state index is 11.8. The zero-order valence-electron chi connectivity index (χ0n) is 11.7. The number of hydrogen-bond donors (Lipinski definition) is 2. The topological polar surface area (TPSA) is 72.2 Å². The number of amides is 2. The van der Waals surface area contributed by atoms with E-state index in [0.29, 0.717) is 27.8 Å². The minimum atomic E-state index is -0.491. The van der Waals surface area contributed by atoms with Crippen molar-refractivity contribution in [2.45, 2.75) is 5.75 Å².